The molecule has 98 valence electrons. The number of methoxy groups -OCH3 is 1. The number of nitriles is 2. The van der Waals surface area contributed by atoms with Crippen LogP contribution in [0, 0.1) is 29.6 Å². The van der Waals surface area contributed by atoms with Crippen LogP contribution in [0.2, 0.25) is 0 Å². The van der Waals surface area contributed by atoms with E-state index in [1.165, 1.54) is 7.11 Å². The summed E-state index contributed by atoms with van der Waals surface area (Å²) in [6.45, 7) is 1.92. The highest BCUT2D eigenvalue weighted by Gasteiger charge is 2.10. The topological polar surface area (TPSA) is 66.0 Å². The van der Waals surface area contributed by atoms with Gasteiger partial charge in [-0.25, -0.2) is 0 Å². The molecule has 2 aromatic rings. The molecule has 0 radical (unpaired) electrons. The predicted octanol–water partition coefficient (Wildman–Crippen LogP) is 3.54. The van der Waals surface area contributed by atoms with Gasteiger partial charge in [0, 0.05) is 6.07 Å². The van der Waals surface area contributed by atoms with Crippen LogP contribution in [-0.2, 0) is 0 Å². The maximum atomic E-state index is 9.09. The lowest BCUT2D eigenvalue weighted by Crippen LogP contribution is -1.93. The third-order valence-electron chi connectivity index (χ3n) is 2.77. The molecule has 0 amide bonds. The van der Waals surface area contributed by atoms with Gasteiger partial charge in [-0.05, 0) is 36.8 Å². The van der Waals surface area contributed by atoms with Gasteiger partial charge in [0.1, 0.15) is 11.8 Å². The molecule has 0 atom stereocenters. The van der Waals surface area contributed by atoms with Crippen molar-refractivity contribution in [3.05, 3.63) is 53.1 Å². The molecule has 0 aliphatic carbocycles. The number of aryl methyl sites for hydroxylation is 1. The molecule has 2 rings (SSSR count). The zero-order valence-corrected chi connectivity index (χ0v) is 11.2. The van der Waals surface area contributed by atoms with E-state index in [-0.39, 0.29) is 0 Å². The highest BCUT2D eigenvalue weighted by Crippen LogP contribution is 2.34. The number of ether oxygens (including phenoxy) is 2. The fourth-order valence-electron chi connectivity index (χ4n) is 1.75. The van der Waals surface area contributed by atoms with Crippen LogP contribution in [0.3, 0.4) is 0 Å². The minimum absolute atomic E-state index is 0.446. The molecule has 0 aliphatic rings. The first kappa shape index (κ1) is 13.5. The van der Waals surface area contributed by atoms with Gasteiger partial charge in [-0.3, -0.25) is 0 Å². The largest absolute Gasteiger partial charge is 0.493 e. The number of hydrogen-bond donors (Lipinski definition) is 0. The van der Waals surface area contributed by atoms with Gasteiger partial charge in [-0.15, -0.1) is 0 Å². The average molecular weight is 264 g/mol. The second-order valence-corrected chi connectivity index (χ2v) is 4.19. The molecular formula is C16H12N2O2. The zero-order valence-electron chi connectivity index (χ0n) is 11.2. The summed E-state index contributed by atoms with van der Waals surface area (Å²) < 4.78 is 11.0. The fourth-order valence-corrected chi connectivity index (χ4v) is 1.75. The van der Waals surface area contributed by atoms with Crippen molar-refractivity contribution >= 4 is 0 Å². The van der Waals surface area contributed by atoms with Gasteiger partial charge in [-0.2, -0.15) is 10.5 Å². The van der Waals surface area contributed by atoms with Gasteiger partial charge in [0.25, 0.3) is 0 Å². The summed E-state index contributed by atoms with van der Waals surface area (Å²) in [6.07, 6.45) is 0. The molecule has 0 heterocycles. The Hall–Kier alpha value is -2.98. The maximum absolute atomic E-state index is 9.09. The number of rotatable bonds is 3. The molecular weight excluding hydrogens is 252 g/mol. The van der Waals surface area contributed by atoms with Crippen LogP contribution in [0.4, 0.5) is 0 Å². The molecule has 0 aromatic heterocycles. The molecule has 0 unspecified atom stereocenters. The van der Waals surface area contributed by atoms with Crippen LogP contribution in [-0.4, -0.2) is 7.11 Å². The molecule has 0 saturated carbocycles. The molecule has 0 spiro atoms. The van der Waals surface area contributed by atoms with Crippen molar-refractivity contribution in [2.45, 2.75) is 6.92 Å². The highest BCUT2D eigenvalue weighted by molar-refractivity contribution is 5.52. The lowest BCUT2D eigenvalue weighted by atomic mass is 10.1. The second kappa shape index (κ2) is 5.77. The van der Waals surface area contributed by atoms with E-state index in [2.05, 4.69) is 6.07 Å². The first-order chi connectivity index (χ1) is 9.67. The summed E-state index contributed by atoms with van der Waals surface area (Å²) in [4.78, 5) is 0. The molecule has 20 heavy (non-hydrogen) atoms. The molecule has 0 saturated heterocycles. The van der Waals surface area contributed by atoms with Crippen LogP contribution >= 0.6 is 0 Å². The molecule has 0 bridgehead atoms. The van der Waals surface area contributed by atoms with Crippen molar-refractivity contribution in [3.63, 3.8) is 0 Å². The Balaban J connectivity index is 2.43. The predicted molar refractivity (Wildman–Crippen MR) is 73.7 cm³/mol. The molecule has 0 fully saturated rings. The minimum Gasteiger partial charge on any atom is -0.493 e. The van der Waals surface area contributed by atoms with E-state index in [4.69, 9.17) is 20.0 Å². The lowest BCUT2D eigenvalue weighted by molar-refractivity contribution is 0.378. The summed E-state index contributed by atoms with van der Waals surface area (Å²) in [5.41, 5.74) is 1.92. The van der Waals surface area contributed by atoms with Gasteiger partial charge >= 0.3 is 0 Å². The van der Waals surface area contributed by atoms with Gasteiger partial charge in [0.2, 0.25) is 0 Å². The molecule has 4 nitrogen and oxygen atoms in total. The average Bonchev–Trinajstić information content (AvgIpc) is 2.48. The van der Waals surface area contributed by atoms with Crippen molar-refractivity contribution in [2.24, 2.45) is 0 Å². The SMILES string of the molecule is COc1cc(C#N)ccc1Oc1cc(C)ccc1C#N. The third-order valence-corrected chi connectivity index (χ3v) is 2.77. The zero-order chi connectivity index (χ0) is 14.5. The van der Waals surface area contributed by atoms with E-state index in [9.17, 15) is 0 Å². The number of hydrogen-bond acceptors (Lipinski definition) is 4. The van der Waals surface area contributed by atoms with E-state index in [0.717, 1.165) is 5.56 Å². The summed E-state index contributed by atoms with van der Waals surface area (Å²) in [5.74, 6) is 1.39. The van der Waals surface area contributed by atoms with Crippen molar-refractivity contribution in [3.8, 4) is 29.4 Å². The van der Waals surface area contributed by atoms with E-state index >= 15 is 0 Å². The first-order valence-corrected chi connectivity index (χ1v) is 5.94. The van der Waals surface area contributed by atoms with Crippen LogP contribution in [0.25, 0.3) is 0 Å². The lowest BCUT2D eigenvalue weighted by Gasteiger charge is -2.12. The van der Waals surface area contributed by atoms with Gasteiger partial charge < -0.3 is 9.47 Å². The number of nitrogens with zero attached hydrogens (tertiary/aromatic N) is 2. The summed E-state index contributed by atoms with van der Waals surface area (Å²) in [5, 5.41) is 18.0. The maximum Gasteiger partial charge on any atom is 0.169 e. The Bertz CT molecular complexity index is 724. The fraction of sp³-hybridized carbons (Fsp3) is 0.125. The quantitative estimate of drug-likeness (QED) is 0.850. The van der Waals surface area contributed by atoms with Crippen LogP contribution < -0.4 is 9.47 Å². The standard InChI is InChI=1S/C16H12N2O2/c1-11-3-5-13(10-18)15(7-11)20-14-6-4-12(9-17)8-16(14)19-2/h3-8H,1-2H3. The molecule has 2 aromatic carbocycles. The summed E-state index contributed by atoms with van der Waals surface area (Å²) in [6, 6.07) is 14.4. The summed E-state index contributed by atoms with van der Waals surface area (Å²) in [7, 11) is 1.50. The van der Waals surface area contributed by atoms with E-state index < -0.39 is 0 Å². The normalized spacial score (nSPS) is 9.40. The van der Waals surface area contributed by atoms with Crippen molar-refractivity contribution in [1.29, 1.82) is 10.5 Å². The monoisotopic (exact) mass is 264 g/mol. The van der Waals surface area contributed by atoms with Crippen molar-refractivity contribution in [2.75, 3.05) is 7.11 Å². The minimum atomic E-state index is 0.446. The molecule has 0 N–H and O–H groups in total. The third kappa shape index (κ3) is 2.71. The van der Waals surface area contributed by atoms with Gasteiger partial charge in [-0.1, -0.05) is 6.07 Å². The highest BCUT2D eigenvalue weighted by atomic mass is 16.5. The van der Waals surface area contributed by atoms with Gasteiger partial charge in [0.05, 0.1) is 24.3 Å². The van der Waals surface area contributed by atoms with Crippen molar-refractivity contribution < 1.29 is 9.47 Å². The Morgan fingerprint density at radius 2 is 1.70 bits per heavy atom. The van der Waals surface area contributed by atoms with Crippen LogP contribution in [0.1, 0.15) is 16.7 Å². The van der Waals surface area contributed by atoms with Crippen LogP contribution in [0.5, 0.6) is 17.2 Å². The Labute approximate surface area is 117 Å². The van der Waals surface area contributed by atoms with Gasteiger partial charge in [0.15, 0.2) is 11.5 Å². The van der Waals surface area contributed by atoms with Crippen LogP contribution in [0.15, 0.2) is 36.4 Å². The van der Waals surface area contributed by atoms with E-state index in [1.807, 2.05) is 19.1 Å². The Kier molecular flexibility index (Phi) is 3.88. The summed E-state index contributed by atoms with van der Waals surface area (Å²) >= 11 is 0. The van der Waals surface area contributed by atoms with E-state index in [1.54, 1.807) is 30.3 Å². The number of benzene rings is 2. The molecule has 4 heteroatoms. The van der Waals surface area contributed by atoms with Crippen molar-refractivity contribution in [1.82, 2.24) is 0 Å². The second-order valence-electron chi connectivity index (χ2n) is 4.19. The van der Waals surface area contributed by atoms with E-state index in [0.29, 0.717) is 28.4 Å². The smallest absolute Gasteiger partial charge is 0.169 e. The molecule has 0 aliphatic heterocycles. The first-order valence-electron chi connectivity index (χ1n) is 5.94. The Morgan fingerprint density at radius 1 is 0.900 bits per heavy atom. The Morgan fingerprint density at radius 3 is 2.35 bits per heavy atom.